The van der Waals surface area contributed by atoms with E-state index in [1.54, 1.807) is 0 Å². The summed E-state index contributed by atoms with van der Waals surface area (Å²) in [6, 6.07) is 7.54. The van der Waals surface area contributed by atoms with Crippen LogP contribution in [-0.2, 0) is 4.79 Å². The van der Waals surface area contributed by atoms with E-state index < -0.39 is 0 Å². The first-order chi connectivity index (χ1) is 12.8. The van der Waals surface area contributed by atoms with Crippen LogP contribution in [0, 0.1) is 5.92 Å². The molecule has 140 valence electrons. The number of benzene rings is 1. The Morgan fingerprint density at radius 2 is 2.08 bits per heavy atom. The largest absolute Gasteiger partial charge is 0.493 e. The van der Waals surface area contributed by atoms with E-state index in [1.807, 2.05) is 31.2 Å². The lowest BCUT2D eigenvalue weighted by atomic mass is 9.89. The third-order valence-electron chi connectivity index (χ3n) is 4.46. The van der Waals surface area contributed by atoms with Gasteiger partial charge < -0.3 is 14.5 Å². The maximum absolute atomic E-state index is 12.0. The first-order valence-corrected chi connectivity index (χ1v) is 10.2. The lowest BCUT2D eigenvalue weighted by molar-refractivity contribution is -0.118. The van der Waals surface area contributed by atoms with Gasteiger partial charge in [0.25, 0.3) is 11.1 Å². The maximum Gasteiger partial charge on any atom is 0.277 e. The third-order valence-corrected chi connectivity index (χ3v) is 5.28. The Kier molecular flexibility index (Phi) is 6.94. The van der Waals surface area contributed by atoms with Crippen molar-refractivity contribution in [2.75, 3.05) is 18.9 Å². The number of hydrogen-bond donors (Lipinski definition) is 1. The van der Waals surface area contributed by atoms with Crippen LogP contribution in [0.1, 0.15) is 39.0 Å². The van der Waals surface area contributed by atoms with Gasteiger partial charge in [-0.05, 0) is 37.8 Å². The maximum atomic E-state index is 12.0. The zero-order valence-electron chi connectivity index (χ0n) is 15.1. The smallest absolute Gasteiger partial charge is 0.277 e. The van der Waals surface area contributed by atoms with Crippen LogP contribution in [-0.4, -0.2) is 35.0 Å². The quantitative estimate of drug-likeness (QED) is 0.705. The molecule has 1 aliphatic rings. The third kappa shape index (κ3) is 5.24. The fraction of sp³-hybridized carbons (Fsp3) is 0.526. The standard InChI is InChI=1S/C19H25N3O3S/c1-2-24-16-11-7-6-10-15(16)18-21-22-19(25-18)26-13-17(23)20-12-14-8-4-3-5-9-14/h6-7,10-11,14H,2-5,8-9,12-13H2,1H3,(H,20,23). The molecule has 7 heteroatoms. The zero-order valence-corrected chi connectivity index (χ0v) is 15.9. The fourth-order valence-electron chi connectivity index (χ4n) is 3.13. The van der Waals surface area contributed by atoms with Gasteiger partial charge in [-0.25, -0.2) is 0 Å². The second-order valence-electron chi connectivity index (χ2n) is 6.40. The van der Waals surface area contributed by atoms with Crippen LogP contribution in [0.3, 0.4) is 0 Å². The van der Waals surface area contributed by atoms with Crippen molar-refractivity contribution in [1.82, 2.24) is 15.5 Å². The summed E-state index contributed by atoms with van der Waals surface area (Å²) in [6.45, 7) is 3.27. The molecule has 1 aromatic carbocycles. The van der Waals surface area contributed by atoms with E-state index in [4.69, 9.17) is 9.15 Å². The Bertz CT molecular complexity index is 714. The van der Waals surface area contributed by atoms with Gasteiger partial charge in [0.2, 0.25) is 5.91 Å². The molecule has 0 atom stereocenters. The number of para-hydroxylation sites is 1. The lowest BCUT2D eigenvalue weighted by Gasteiger charge is -2.21. The van der Waals surface area contributed by atoms with Crippen molar-refractivity contribution in [2.45, 2.75) is 44.3 Å². The van der Waals surface area contributed by atoms with Crippen molar-refractivity contribution in [3.8, 4) is 17.2 Å². The molecule has 26 heavy (non-hydrogen) atoms. The number of nitrogens with zero attached hydrogens (tertiary/aromatic N) is 2. The number of thioether (sulfide) groups is 1. The number of nitrogens with one attached hydrogen (secondary N) is 1. The summed E-state index contributed by atoms with van der Waals surface area (Å²) in [5.74, 6) is 2.03. The summed E-state index contributed by atoms with van der Waals surface area (Å²) >= 11 is 1.26. The molecule has 0 unspecified atom stereocenters. The first-order valence-electron chi connectivity index (χ1n) is 9.21. The molecule has 0 radical (unpaired) electrons. The first kappa shape index (κ1) is 18.8. The highest BCUT2D eigenvalue weighted by atomic mass is 32.2. The molecule has 1 heterocycles. The topological polar surface area (TPSA) is 77.2 Å². The van der Waals surface area contributed by atoms with Gasteiger partial charge in [-0.15, -0.1) is 10.2 Å². The van der Waals surface area contributed by atoms with Crippen LogP contribution < -0.4 is 10.1 Å². The molecular weight excluding hydrogens is 350 g/mol. The number of hydrogen-bond acceptors (Lipinski definition) is 6. The van der Waals surface area contributed by atoms with Crippen LogP contribution in [0.25, 0.3) is 11.5 Å². The van der Waals surface area contributed by atoms with Gasteiger partial charge in [-0.1, -0.05) is 43.2 Å². The normalized spacial score (nSPS) is 15.0. The minimum atomic E-state index is 0.00930. The molecule has 0 saturated heterocycles. The van der Waals surface area contributed by atoms with E-state index in [0.717, 1.165) is 12.1 Å². The van der Waals surface area contributed by atoms with Crippen molar-refractivity contribution in [1.29, 1.82) is 0 Å². The molecule has 3 rings (SSSR count). The van der Waals surface area contributed by atoms with E-state index in [-0.39, 0.29) is 11.7 Å². The van der Waals surface area contributed by atoms with Gasteiger partial charge >= 0.3 is 0 Å². The predicted molar refractivity (Wildman–Crippen MR) is 101 cm³/mol. The number of aromatic nitrogens is 2. The van der Waals surface area contributed by atoms with Gasteiger partial charge in [0.15, 0.2) is 0 Å². The Morgan fingerprint density at radius 1 is 1.27 bits per heavy atom. The van der Waals surface area contributed by atoms with Gasteiger partial charge in [0, 0.05) is 6.54 Å². The molecular formula is C19H25N3O3S. The highest BCUT2D eigenvalue weighted by Crippen LogP contribution is 2.30. The highest BCUT2D eigenvalue weighted by molar-refractivity contribution is 7.99. The van der Waals surface area contributed by atoms with Gasteiger partial charge in [0.05, 0.1) is 17.9 Å². The second kappa shape index (κ2) is 9.62. The van der Waals surface area contributed by atoms with Gasteiger partial charge in [-0.3, -0.25) is 4.79 Å². The Labute approximate surface area is 158 Å². The summed E-state index contributed by atoms with van der Waals surface area (Å²) in [5.41, 5.74) is 0.760. The Balaban J connectivity index is 1.50. The number of ether oxygens (including phenoxy) is 1. The van der Waals surface area contributed by atoms with Crippen molar-refractivity contribution in [2.24, 2.45) is 5.92 Å². The van der Waals surface area contributed by atoms with E-state index >= 15 is 0 Å². The molecule has 1 fully saturated rings. The van der Waals surface area contributed by atoms with Crippen LogP contribution in [0.2, 0.25) is 0 Å². The number of carbonyl (C=O) groups is 1. The number of rotatable bonds is 8. The summed E-state index contributed by atoms with van der Waals surface area (Å²) in [6.07, 6.45) is 6.33. The van der Waals surface area contributed by atoms with Gasteiger partial charge in [0.1, 0.15) is 5.75 Å². The monoisotopic (exact) mass is 375 g/mol. The summed E-state index contributed by atoms with van der Waals surface area (Å²) in [7, 11) is 0. The predicted octanol–water partition coefficient (Wildman–Crippen LogP) is 3.92. The van der Waals surface area contributed by atoms with E-state index in [1.165, 1.54) is 43.9 Å². The fourth-order valence-corrected chi connectivity index (χ4v) is 3.72. The summed E-state index contributed by atoms with van der Waals surface area (Å²) in [4.78, 5) is 12.0. The summed E-state index contributed by atoms with van der Waals surface area (Å²) < 4.78 is 11.3. The number of carbonyl (C=O) groups excluding carboxylic acids is 1. The van der Waals surface area contributed by atoms with Crippen LogP contribution in [0.5, 0.6) is 5.75 Å². The van der Waals surface area contributed by atoms with Crippen LogP contribution >= 0.6 is 11.8 Å². The zero-order chi connectivity index (χ0) is 18.2. The number of amides is 1. The van der Waals surface area contributed by atoms with Crippen LogP contribution in [0.15, 0.2) is 33.9 Å². The Morgan fingerprint density at radius 3 is 2.88 bits per heavy atom. The molecule has 0 aliphatic heterocycles. The molecule has 1 N–H and O–H groups in total. The Hall–Kier alpha value is -2.02. The second-order valence-corrected chi connectivity index (χ2v) is 7.33. The highest BCUT2D eigenvalue weighted by Gasteiger charge is 2.16. The van der Waals surface area contributed by atoms with Gasteiger partial charge in [-0.2, -0.15) is 0 Å². The van der Waals surface area contributed by atoms with Crippen molar-refractivity contribution >= 4 is 17.7 Å². The minimum absolute atomic E-state index is 0.00930. The molecule has 1 saturated carbocycles. The van der Waals surface area contributed by atoms with Crippen LogP contribution in [0.4, 0.5) is 0 Å². The molecule has 2 aromatic rings. The van der Waals surface area contributed by atoms with E-state index in [2.05, 4.69) is 15.5 Å². The minimum Gasteiger partial charge on any atom is -0.493 e. The average Bonchev–Trinajstić information content (AvgIpc) is 3.15. The summed E-state index contributed by atoms with van der Waals surface area (Å²) in [5, 5.41) is 11.5. The molecule has 1 amide bonds. The SMILES string of the molecule is CCOc1ccccc1-c1nnc(SCC(=O)NCC2CCCCC2)o1. The molecule has 0 bridgehead atoms. The van der Waals surface area contributed by atoms with E-state index in [0.29, 0.717) is 29.4 Å². The van der Waals surface area contributed by atoms with Crippen molar-refractivity contribution in [3.05, 3.63) is 24.3 Å². The van der Waals surface area contributed by atoms with Crippen molar-refractivity contribution in [3.63, 3.8) is 0 Å². The molecule has 1 aliphatic carbocycles. The molecule has 0 spiro atoms. The average molecular weight is 375 g/mol. The van der Waals surface area contributed by atoms with E-state index in [9.17, 15) is 4.79 Å². The van der Waals surface area contributed by atoms with Crippen molar-refractivity contribution < 1.29 is 13.9 Å². The molecule has 1 aromatic heterocycles. The lowest BCUT2D eigenvalue weighted by Crippen LogP contribution is -2.31. The molecule has 6 nitrogen and oxygen atoms in total.